The monoisotopic (exact) mass is 309 g/mol. The lowest BCUT2D eigenvalue weighted by Crippen LogP contribution is -2.30. The van der Waals surface area contributed by atoms with Gasteiger partial charge < -0.3 is 10.2 Å². The number of hydrogen-bond donors (Lipinski definition) is 1. The van der Waals surface area contributed by atoms with Crippen molar-refractivity contribution < 1.29 is 4.79 Å². The van der Waals surface area contributed by atoms with Gasteiger partial charge in [-0.05, 0) is 67.5 Å². The Morgan fingerprint density at radius 1 is 1.26 bits per heavy atom. The minimum Gasteiger partial charge on any atom is -0.359 e. The molecule has 1 aromatic heterocycles. The molecule has 23 heavy (non-hydrogen) atoms. The molecule has 2 aliphatic rings. The van der Waals surface area contributed by atoms with Crippen molar-refractivity contribution in [2.45, 2.75) is 32.6 Å². The number of aromatic nitrogens is 1. The van der Waals surface area contributed by atoms with E-state index in [0.717, 1.165) is 30.8 Å². The second kappa shape index (κ2) is 5.52. The predicted molar refractivity (Wildman–Crippen MR) is 92.9 cm³/mol. The molecule has 2 heterocycles. The molecule has 1 fully saturated rings. The van der Waals surface area contributed by atoms with Crippen LogP contribution in [0.15, 0.2) is 18.2 Å². The first-order valence-electron chi connectivity index (χ1n) is 8.55. The van der Waals surface area contributed by atoms with E-state index in [1.165, 1.54) is 41.3 Å². The largest absolute Gasteiger partial charge is 0.359 e. The summed E-state index contributed by atoms with van der Waals surface area (Å²) in [5.74, 6) is 1.24. The molecule has 120 valence electrons. The van der Waals surface area contributed by atoms with Crippen LogP contribution in [-0.2, 0) is 17.6 Å². The first-order valence-corrected chi connectivity index (χ1v) is 8.55. The number of hydrogen-bond acceptors (Lipinski definition) is 3. The van der Waals surface area contributed by atoms with Gasteiger partial charge in [0, 0.05) is 25.5 Å². The molecule has 1 aromatic carbocycles. The van der Waals surface area contributed by atoms with Crippen molar-refractivity contribution in [2.24, 2.45) is 5.92 Å². The van der Waals surface area contributed by atoms with Crippen LogP contribution in [-0.4, -0.2) is 31.0 Å². The number of carbonyl (C=O) groups excluding carboxylic acids is 1. The quantitative estimate of drug-likeness (QED) is 0.927. The minimum absolute atomic E-state index is 0.0813. The van der Waals surface area contributed by atoms with Crippen molar-refractivity contribution in [3.63, 3.8) is 0 Å². The van der Waals surface area contributed by atoms with E-state index in [1.54, 1.807) is 7.05 Å². The molecule has 4 heteroatoms. The van der Waals surface area contributed by atoms with Gasteiger partial charge in [-0.15, -0.1) is 0 Å². The third-order valence-electron chi connectivity index (χ3n) is 5.35. The Hall–Kier alpha value is -2.10. The number of amides is 1. The van der Waals surface area contributed by atoms with Gasteiger partial charge in [0.15, 0.2) is 0 Å². The third kappa shape index (κ3) is 2.46. The average Bonchev–Trinajstić information content (AvgIpc) is 3.21. The van der Waals surface area contributed by atoms with E-state index in [9.17, 15) is 4.79 Å². The van der Waals surface area contributed by atoms with Gasteiger partial charge in [0.25, 0.3) is 0 Å². The Balaban J connectivity index is 1.69. The number of fused-ring (bicyclic) bond motifs is 2. The van der Waals surface area contributed by atoms with E-state index in [1.807, 2.05) is 0 Å². The van der Waals surface area contributed by atoms with Gasteiger partial charge >= 0.3 is 0 Å². The standard InChI is InChI=1S/C19H23N3O/c1-12-8-18(22-7-6-15(11-22)19(23)20-2)21-17-10-14-5-3-4-13(14)9-16(12)17/h8-10,15H,3-7,11H2,1-2H3,(H,20,23). The smallest absolute Gasteiger partial charge is 0.224 e. The molecule has 1 saturated heterocycles. The van der Waals surface area contributed by atoms with Crippen LogP contribution in [0, 0.1) is 12.8 Å². The van der Waals surface area contributed by atoms with Gasteiger partial charge in [-0.3, -0.25) is 4.79 Å². The fourth-order valence-corrected chi connectivity index (χ4v) is 4.00. The van der Waals surface area contributed by atoms with Crippen LogP contribution in [0.5, 0.6) is 0 Å². The Morgan fingerprint density at radius 3 is 2.83 bits per heavy atom. The minimum atomic E-state index is 0.0813. The molecule has 4 nitrogen and oxygen atoms in total. The predicted octanol–water partition coefficient (Wildman–Crippen LogP) is 2.60. The van der Waals surface area contributed by atoms with E-state index in [2.05, 4.69) is 35.3 Å². The third-order valence-corrected chi connectivity index (χ3v) is 5.35. The lowest BCUT2D eigenvalue weighted by atomic mass is 10.0. The van der Waals surface area contributed by atoms with Crippen LogP contribution >= 0.6 is 0 Å². The highest BCUT2D eigenvalue weighted by atomic mass is 16.1. The molecule has 0 saturated carbocycles. The highest BCUT2D eigenvalue weighted by molar-refractivity contribution is 5.86. The summed E-state index contributed by atoms with van der Waals surface area (Å²) in [5.41, 5.74) is 5.34. The number of benzene rings is 1. The molecule has 1 atom stereocenters. The maximum atomic E-state index is 11.8. The molecule has 1 amide bonds. The first kappa shape index (κ1) is 14.5. The van der Waals surface area contributed by atoms with Gasteiger partial charge in [-0.25, -0.2) is 4.98 Å². The lowest BCUT2D eigenvalue weighted by molar-refractivity contribution is -0.123. The molecule has 1 N–H and O–H groups in total. The van der Waals surface area contributed by atoms with Gasteiger partial charge in [-0.1, -0.05) is 0 Å². The molecule has 4 rings (SSSR count). The Kier molecular flexibility index (Phi) is 3.47. The molecular formula is C19H23N3O. The Labute approximate surface area is 136 Å². The van der Waals surface area contributed by atoms with E-state index < -0.39 is 0 Å². The number of nitrogens with one attached hydrogen (secondary N) is 1. The summed E-state index contributed by atoms with van der Waals surface area (Å²) in [6, 6.07) is 6.79. The molecule has 2 aromatic rings. The zero-order valence-electron chi connectivity index (χ0n) is 13.9. The maximum Gasteiger partial charge on any atom is 0.224 e. The van der Waals surface area contributed by atoms with Crippen LogP contribution in [0.1, 0.15) is 29.5 Å². The molecule has 0 spiro atoms. The average molecular weight is 309 g/mol. The van der Waals surface area contributed by atoms with Gasteiger partial charge in [0.05, 0.1) is 11.4 Å². The normalized spacial score (nSPS) is 20.1. The number of aryl methyl sites for hydroxylation is 3. The molecule has 1 aliphatic carbocycles. The number of rotatable bonds is 2. The van der Waals surface area contributed by atoms with Gasteiger partial charge in [0.1, 0.15) is 5.82 Å². The highest BCUT2D eigenvalue weighted by Gasteiger charge is 2.28. The van der Waals surface area contributed by atoms with Crippen LogP contribution in [0.25, 0.3) is 10.9 Å². The summed E-state index contributed by atoms with van der Waals surface area (Å²) >= 11 is 0. The maximum absolute atomic E-state index is 11.8. The Bertz CT molecular complexity index is 784. The van der Waals surface area contributed by atoms with Crippen LogP contribution < -0.4 is 10.2 Å². The molecular weight excluding hydrogens is 286 g/mol. The van der Waals surface area contributed by atoms with Crippen molar-refractivity contribution in [3.8, 4) is 0 Å². The fourth-order valence-electron chi connectivity index (χ4n) is 4.00. The summed E-state index contributed by atoms with van der Waals surface area (Å²) in [6.45, 7) is 3.84. The number of nitrogens with zero attached hydrogens (tertiary/aromatic N) is 2. The van der Waals surface area contributed by atoms with E-state index in [0.29, 0.717) is 0 Å². The lowest BCUT2D eigenvalue weighted by Gasteiger charge is -2.19. The van der Waals surface area contributed by atoms with E-state index >= 15 is 0 Å². The van der Waals surface area contributed by atoms with Crippen molar-refractivity contribution in [1.29, 1.82) is 0 Å². The topological polar surface area (TPSA) is 45.2 Å². The zero-order chi connectivity index (χ0) is 16.0. The number of pyridine rings is 1. The number of carbonyl (C=O) groups is 1. The SMILES string of the molecule is CNC(=O)C1CCN(c2cc(C)c3cc4c(cc3n2)CCC4)C1. The molecule has 0 radical (unpaired) electrons. The van der Waals surface area contributed by atoms with Crippen LogP contribution in [0.3, 0.4) is 0 Å². The fraction of sp³-hybridized carbons (Fsp3) is 0.474. The zero-order valence-corrected chi connectivity index (χ0v) is 13.9. The van der Waals surface area contributed by atoms with Crippen molar-refractivity contribution in [1.82, 2.24) is 10.3 Å². The van der Waals surface area contributed by atoms with Crippen molar-refractivity contribution in [2.75, 3.05) is 25.0 Å². The second-order valence-electron chi connectivity index (χ2n) is 6.83. The highest BCUT2D eigenvalue weighted by Crippen LogP contribution is 2.31. The summed E-state index contributed by atoms with van der Waals surface area (Å²) in [6.07, 6.45) is 4.55. The second-order valence-corrected chi connectivity index (χ2v) is 6.83. The van der Waals surface area contributed by atoms with Gasteiger partial charge in [-0.2, -0.15) is 0 Å². The van der Waals surface area contributed by atoms with Crippen molar-refractivity contribution >= 4 is 22.6 Å². The van der Waals surface area contributed by atoms with Crippen molar-refractivity contribution in [3.05, 3.63) is 34.9 Å². The molecule has 0 bridgehead atoms. The summed E-state index contributed by atoms with van der Waals surface area (Å²) in [7, 11) is 1.71. The van der Waals surface area contributed by atoms with E-state index in [4.69, 9.17) is 4.98 Å². The summed E-state index contributed by atoms with van der Waals surface area (Å²) in [4.78, 5) is 19.0. The van der Waals surface area contributed by atoms with Crippen LogP contribution in [0.2, 0.25) is 0 Å². The van der Waals surface area contributed by atoms with E-state index in [-0.39, 0.29) is 11.8 Å². The molecule has 1 unspecified atom stereocenters. The summed E-state index contributed by atoms with van der Waals surface area (Å²) in [5, 5.41) is 4.04. The number of anilines is 1. The van der Waals surface area contributed by atoms with Crippen LogP contribution in [0.4, 0.5) is 5.82 Å². The first-order chi connectivity index (χ1) is 11.2. The Morgan fingerprint density at radius 2 is 2.04 bits per heavy atom. The molecule has 1 aliphatic heterocycles. The van der Waals surface area contributed by atoms with Gasteiger partial charge in [0.2, 0.25) is 5.91 Å². The summed E-state index contributed by atoms with van der Waals surface area (Å²) < 4.78 is 0.